The topological polar surface area (TPSA) is 87.7 Å². The molecule has 172 valence electrons. The highest BCUT2D eigenvalue weighted by atomic mass is 32.2. The molecule has 1 aliphatic rings. The van der Waals surface area contributed by atoms with Crippen molar-refractivity contribution < 1.29 is 31.2 Å². The number of anilines is 1. The summed E-state index contributed by atoms with van der Waals surface area (Å²) in [6.07, 6.45) is 3.30. The molecule has 1 aromatic heterocycles. The van der Waals surface area contributed by atoms with Crippen LogP contribution in [0.1, 0.15) is 38.8 Å². The summed E-state index contributed by atoms with van der Waals surface area (Å²) in [7, 11) is -5.53. The molecular formula is C21H22F3N3O4S. The molecule has 0 radical (unpaired) electrons. The molecule has 1 atom stereocenters. The van der Waals surface area contributed by atoms with E-state index in [4.69, 9.17) is 0 Å². The second kappa shape index (κ2) is 7.88. The van der Waals surface area contributed by atoms with E-state index in [2.05, 4.69) is 4.98 Å². The Morgan fingerprint density at radius 2 is 1.62 bits per heavy atom. The Hall–Kier alpha value is -2.95. The molecular weight excluding hydrogens is 447 g/mol. The fourth-order valence-corrected chi connectivity index (χ4v) is 4.24. The first-order valence-electron chi connectivity index (χ1n) is 9.65. The molecule has 1 aliphatic heterocycles. The Kier molecular flexibility index (Phi) is 5.83. The summed E-state index contributed by atoms with van der Waals surface area (Å²) in [5.41, 5.74) is -3.99. The molecule has 3 amide bonds. The maximum Gasteiger partial charge on any atom is 0.501 e. The van der Waals surface area contributed by atoms with Gasteiger partial charge in [0.25, 0.3) is 15.7 Å². The number of sulfone groups is 1. The summed E-state index contributed by atoms with van der Waals surface area (Å²) in [5, 5.41) is 0. The molecule has 1 unspecified atom stereocenters. The van der Waals surface area contributed by atoms with Crippen LogP contribution < -0.4 is 4.90 Å². The van der Waals surface area contributed by atoms with Gasteiger partial charge in [-0.05, 0) is 53.8 Å². The number of carbonyl (C=O) groups is 2. The summed E-state index contributed by atoms with van der Waals surface area (Å²) in [6.45, 7) is 7.68. The molecule has 32 heavy (non-hydrogen) atoms. The number of urea groups is 1. The third-order valence-electron chi connectivity index (χ3n) is 5.25. The Labute approximate surface area is 183 Å². The fourth-order valence-electron chi connectivity index (χ4n) is 3.48. The molecule has 2 aromatic rings. The molecule has 1 saturated heterocycles. The molecule has 0 saturated carbocycles. The first-order valence-corrected chi connectivity index (χ1v) is 11.1. The van der Waals surface area contributed by atoms with Crippen molar-refractivity contribution in [1.29, 1.82) is 0 Å². The summed E-state index contributed by atoms with van der Waals surface area (Å²) in [4.78, 5) is 31.2. The number of pyridine rings is 1. The minimum atomic E-state index is -5.53. The van der Waals surface area contributed by atoms with Crippen LogP contribution in [-0.4, -0.2) is 41.8 Å². The van der Waals surface area contributed by atoms with Gasteiger partial charge in [-0.15, -0.1) is 0 Å². The summed E-state index contributed by atoms with van der Waals surface area (Å²) in [5.74, 6) is -0.562. The van der Waals surface area contributed by atoms with Crippen molar-refractivity contribution in [2.75, 3.05) is 4.90 Å². The number of imide groups is 1. The van der Waals surface area contributed by atoms with Crippen molar-refractivity contribution in [1.82, 2.24) is 9.88 Å². The van der Waals surface area contributed by atoms with E-state index in [1.165, 1.54) is 4.90 Å². The zero-order valence-corrected chi connectivity index (χ0v) is 18.7. The number of aromatic nitrogens is 1. The van der Waals surface area contributed by atoms with Crippen LogP contribution in [0.15, 0.2) is 47.6 Å². The largest absolute Gasteiger partial charge is 0.501 e. The van der Waals surface area contributed by atoms with Crippen LogP contribution in [0.2, 0.25) is 0 Å². The Balaban J connectivity index is 1.91. The zero-order valence-electron chi connectivity index (χ0n) is 17.8. The van der Waals surface area contributed by atoms with Gasteiger partial charge in [-0.2, -0.15) is 13.2 Å². The number of benzene rings is 1. The smallest absolute Gasteiger partial charge is 0.308 e. The van der Waals surface area contributed by atoms with E-state index in [9.17, 15) is 31.2 Å². The summed E-state index contributed by atoms with van der Waals surface area (Å²) >= 11 is 0. The number of alkyl halides is 3. The quantitative estimate of drug-likeness (QED) is 0.631. The van der Waals surface area contributed by atoms with Crippen LogP contribution in [0.5, 0.6) is 0 Å². The maximum absolute atomic E-state index is 13.1. The lowest BCUT2D eigenvalue weighted by atomic mass is 9.85. The molecule has 0 N–H and O–H groups in total. The number of halogens is 3. The van der Waals surface area contributed by atoms with Gasteiger partial charge in [0, 0.05) is 18.9 Å². The average Bonchev–Trinajstić information content (AvgIpc) is 2.90. The highest BCUT2D eigenvalue weighted by Gasteiger charge is 2.47. The van der Waals surface area contributed by atoms with Crippen molar-refractivity contribution in [3.05, 3.63) is 53.9 Å². The summed E-state index contributed by atoms with van der Waals surface area (Å²) < 4.78 is 61.4. The Morgan fingerprint density at radius 1 is 1.03 bits per heavy atom. The fraction of sp³-hybridized carbons (Fsp3) is 0.381. The van der Waals surface area contributed by atoms with Crippen LogP contribution in [0.4, 0.5) is 23.7 Å². The molecule has 0 aliphatic carbocycles. The lowest BCUT2D eigenvalue weighted by molar-refractivity contribution is -0.119. The predicted molar refractivity (Wildman–Crippen MR) is 111 cm³/mol. The van der Waals surface area contributed by atoms with E-state index >= 15 is 0 Å². The van der Waals surface area contributed by atoms with Crippen molar-refractivity contribution in [3.8, 4) is 0 Å². The highest BCUT2D eigenvalue weighted by molar-refractivity contribution is 7.92. The number of amides is 3. The number of rotatable bonds is 4. The first-order chi connectivity index (χ1) is 14.7. The van der Waals surface area contributed by atoms with Gasteiger partial charge in [-0.3, -0.25) is 9.78 Å². The lowest BCUT2D eigenvalue weighted by Crippen LogP contribution is -2.34. The second-order valence-corrected chi connectivity index (χ2v) is 10.4. The van der Waals surface area contributed by atoms with Crippen molar-refractivity contribution in [2.45, 2.75) is 56.1 Å². The Bertz CT molecular complexity index is 1160. The predicted octanol–water partition coefficient (Wildman–Crippen LogP) is 4.03. The molecule has 7 nitrogen and oxygen atoms in total. The van der Waals surface area contributed by atoms with Gasteiger partial charge in [-0.1, -0.05) is 20.8 Å². The van der Waals surface area contributed by atoms with Crippen LogP contribution >= 0.6 is 0 Å². The SMILES string of the molecule is CC1C(=O)N(c2ccc(S(=O)(=O)C(F)(F)F)cc2)C(=O)N1Cc1ccncc1C(C)(C)C. The van der Waals surface area contributed by atoms with Gasteiger partial charge in [0.05, 0.1) is 10.6 Å². The van der Waals surface area contributed by atoms with E-state index < -0.39 is 38.2 Å². The van der Waals surface area contributed by atoms with E-state index in [0.29, 0.717) is 0 Å². The zero-order chi connectivity index (χ0) is 24.1. The van der Waals surface area contributed by atoms with Crippen LogP contribution in [0.25, 0.3) is 0 Å². The third kappa shape index (κ3) is 4.08. The van der Waals surface area contributed by atoms with Crippen LogP contribution in [0.3, 0.4) is 0 Å². The standard InChI is InChI=1S/C21H22F3N3O4S/c1-13-18(28)27(15-5-7-16(8-6-15)32(30,31)21(22,23)24)19(29)26(13)12-14-9-10-25-11-17(14)20(2,3)4/h5-11,13H,12H2,1-4H3. The lowest BCUT2D eigenvalue weighted by Gasteiger charge is -2.26. The molecule has 0 bridgehead atoms. The number of nitrogens with zero attached hydrogens (tertiary/aromatic N) is 3. The van der Waals surface area contributed by atoms with Gasteiger partial charge in [-0.25, -0.2) is 18.1 Å². The van der Waals surface area contributed by atoms with Gasteiger partial charge < -0.3 is 4.90 Å². The molecule has 11 heteroatoms. The van der Waals surface area contributed by atoms with Crippen molar-refractivity contribution in [3.63, 3.8) is 0 Å². The van der Waals surface area contributed by atoms with Crippen molar-refractivity contribution in [2.24, 2.45) is 0 Å². The van der Waals surface area contributed by atoms with Gasteiger partial charge >= 0.3 is 11.5 Å². The number of hydrogen-bond donors (Lipinski definition) is 0. The minimum absolute atomic E-state index is 0.0127. The van der Waals surface area contributed by atoms with Gasteiger partial charge in [0.15, 0.2) is 0 Å². The molecule has 0 spiro atoms. The molecule has 1 aromatic carbocycles. The van der Waals surface area contributed by atoms with E-state index in [-0.39, 0.29) is 17.6 Å². The third-order valence-corrected chi connectivity index (χ3v) is 6.75. The van der Waals surface area contributed by atoms with E-state index in [1.807, 2.05) is 20.8 Å². The number of hydrogen-bond acceptors (Lipinski definition) is 5. The van der Waals surface area contributed by atoms with Gasteiger partial charge in [0.1, 0.15) is 6.04 Å². The number of carbonyl (C=O) groups excluding carboxylic acids is 2. The normalized spacial score (nSPS) is 17.9. The molecule has 1 fully saturated rings. The molecule has 2 heterocycles. The van der Waals surface area contributed by atoms with Gasteiger partial charge in [0.2, 0.25) is 0 Å². The second-order valence-electron chi connectivity index (χ2n) is 8.49. The monoisotopic (exact) mass is 469 g/mol. The van der Waals surface area contributed by atoms with Crippen LogP contribution in [0, 0.1) is 0 Å². The highest BCUT2D eigenvalue weighted by Crippen LogP contribution is 2.33. The molecule has 3 rings (SSSR count). The van der Waals surface area contributed by atoms with E-state index in [1.54, 1.807) is 25.4 Å². The van der Waals surface area contributed by atoms with Crippen LogP contribution in [-0.2, 0) is 26.6 Å². The Morgan fingerprint density at radius 3 is 2.16 bits per heavy atom. The summed E-state index contributed by atoms with van der Waals surface area (Å²) in [6, 6.07) is 3.78. The average molecular weight is 469 g/mol. The first kappa shape index (κ1) is 23.7. The maximum atomic E-state index is 13.1. The van der Waals surface area contributed by atoms with Crippen molar-refractivity contribution >= 4 is 27.5 Å². The van der Waals surface area contributed by atoms with E-state index in [0.717, 1.165) is 40.3 Å². The minimum Gasteiger partial charge on any atom is -0.308 e.